The van der Waals surface area contributed by atoms with Crippen molar-refractivity contribution in [1.29, 1.82) is 5.26 Å². The third-order valence-corrected chi connectivity index (χ3v) is 2.57. The summed E-state index contributed by atoms with van der Waals surface area (Å²) in [5.74, 6) is -0.134. The molecule has 1 aliphatic carbocycles. The average molecular weight is 168 g/mol. The Hall–Kier alpha value is -0.740. The Morgan fingerprint density at radius 3 is 2.82 bits per heavy atom. The number of hydrogen-bond donors (Lipinski definition) is 0. The zero-order valence-electron chi connectivity index (χ0n) is 6.42. The van der Waals surface area contributed by atoms with Gasteiger partial charge in [-0.1, -0.05) is 24.3 Å². The van der Waals surface area contributed by atoms with Crippen molar-refractivity contribution in [3.63, 3.8) is 0 Å². The molecule has 1 aliphatic rings. The molecule has 1 nitrogen and oxygen atoms in total. The van der Waals surface area contributed by atoms with E-state index in [2.05, 4.69) is 6.07 Å². The maximum absolute atomic E-state index is 8.66. The molecule has 11 heavy (non-hydrogen) atoms. The first-order chi connectivity index (χ1) is 5.19. The van der Waals surface area contributed by atoms with Crippen molar-refractivity contribution in [2.24, 2.45) is 5.92 Å². The van der Waals surface area contributed by atoms with Crippen molar-refractivity contribution < 1.29 is 0 Å². The van der Waals surface area contributed by atoms with Gasteiger partial charge in [-0.15, -0.1) is 11.6 Å². The number of nitriles is 1. The molecule has 1 unspecified atom stereocenters. The van der Waals surface area contributed by atoms with Crippen molar-refractivity contribution in [2.75, 3.05) is 0 Å². The van der Waals surface area contributed by atoms with Gasteiger partial charge in [0, 0.05) is 0 Å². The molecule has 1 rings (SSSR count). The lowest BCUT2D eigenvalue weighted by Gasteiger charge is -2.25. The molecule has 0 fully saturated rings. The van der Waals surface area contributed by atoms with E-state index in [0.717, 1.165) is 6.42 Å². The number of allylic oxidation sites excluding steroid dienone is 4. The number of nitrogens with zero attached hydrogens (tertiary/aromatic N) is 1. The molecule has 2 heteroatoms. The lowest BCUT2D eigenvalue weighted by molar-refractivity contribution is 0.563. The molecule has 0 amide bonds. The van der Waals surface area contributed by atoms with Crippen LogP contribution in [0.2, 0.25) is 0 Å². The lowest BCUT2D eigenvalue weighted by Crippen LogP contribution is -2.26. The van der Waals surface area contributed by atoms with E-state index < -0.39 is 4.87 Å². The zero-order chi connectivity index (χ0) is 8.32. The number of hydrogen-bond acceptors (Lipinski definition) is 1. The van der Waals surface area contributed by atoms with E-state index in [1.54, 1.807) is 0 Å². The molecule has 2 atom stereocenters. The van der Waals surface area contributed by atoms with Crippen LogP contribution >= 0.6 is 11.6 Å². The highest BCUT2D eigenvalue weighted by Crippen LogP contribution is 2.32. The first-order valence-corrected chi connectivity index (χ1v) is 4.00. The highest BCUT2D eigenvalue weighted by Gasteiger charge is 2.30. The predicted octanol–water partition coefficient (Wildman–Crippen LogP) is 2.64. The van der Waals surface area contributed by atoms with Gasteiger partial charge in [0.15, 0.2) is 0 Å². The molecule has 58 valence electrons. The highest BCUT2D eigenvalue weighted by molar-refractivity contribution is 6.25. The Morgan fingerprint density at radius 2 is 2.36 bits per heavy atom. The number of alkyl halides is 1. The molecule has 0 N–H and O–H groups in total. The Kier molecular flexibility index (Phi) is 2.36. The second-order valence-electron chi connectivity index (χ2n) is 2.77. The van der Waals surface area contributed by atoms with Crippen LogP contribution in [0.1, 0.15) is 13.3 Å². The van der Waals surface area contributed by atoms with Crippen LogP contribution in [-0.2, 0) is 0 Å². The van der Waals surface area contributed by atoms with Crippen LogP contribution in [0.25, 0.3) is 0 Å². The number of rotatable bonds is 1. The minimum atomic E-state index is -0.469. The van der Waals surface area contributed by atoms with Crippen LogP contribution in [0.5, 0.6) is 0 Å². The van der Waals surface area contributed by atoms with Gasteiger partial charge in [0.25, 0.3) is 0 Å². The third kappa shape index (κ3) is 1.64. The molecule has 0 aromatic rings. The van der Waals surface area contributed by atoms with E-state index in [9.17, 15) is 0 Å². The van der Waals surface area contributed by atoms with Crippen LogP contribution in [0.4, 0.5) is 0 Å². The van der Waals surface area contributed by atoms with E-state index in [0.29, 0.717) is 0 Å². The summed E-state index contributed by atoms with van der Waals surface area (Å²) in [7, 11) is 0. The first kappa shape index (κ1) is 8.36. The monoisotopic (exact) mass is 167 g/mol. The van der Waals surface area contributed by atoms with E-state index in [4.69, 9.17) is 16.9 Å². The topological polar surface area (TPSA) is 23.8 Å². The highest BCUT2D eigenvalue weighted by atomic mass is 35.5. The maximum atomic E-state index is 8.66. The molecule has 0 bridgehead atoms. The second-order valence-corrected chi connectivity index (χ2v) is 3.47. The second kappa shape index (κ2) is 3.11. The molecule has 0 saturated carbocycles. The molecule has 0 aromatic carbocycles. The zero-order valence-corrected chi connectivity index (χ0v) is 7.17. The van der Waals surface area contributed by atoms with Crippen LogP contribution in [0, 0.1) is 17.2 Å². The number of halogens is 1. The van der Waals surface area contributed by atoms with E-state index in [1.165, 1.54) is 0 Å². The Morgan fingerprint density at radius 1 is 1.64 bits per heavy atom. The molecular weight excluding hydrogens is 158 g/mol. The van der Waals surface area contributed by atoms with Gasteiger partial charge < -0.3 is 0 Å². The molecule has 0 radical (unpaired) electrons. The van der Waals surface area contributed by atoms with Crippen molar-refractivity contribution in [3.05, 3.63) is 24.3 Å². The molecule has 0 aromatic heterocycles. The smallest absolute Gasteiger partial charge is 0.0818 e. The predicted molar refractivity (Wildman–Crippen MR) is 46.3 cm³/mol. The minimum Gasteiger partial charge on any atom is -0.198 e. The first-order valence-electron chi connectivity index (χ1n) is 3.62. The van der Waals surface area contributed by atoms with Crippen LogP contribution in [0.15, 0.2) is 24.3 Å². The summed E-state index contributed by atoms with van der Waals surface area (Å²) >= 11 is 6.17. The van der Waals surface area contributed by atoms with Crippen LogP contribution in [-0.4, -0.2) is 4.87 Å². The van der Waals surface area contributed by atoms with Crippen molar-refractivity contribution in [3.8, 4) is 6.07 Å². The van der Waals surface area contributed by atoms with Gasteiger partial charge in [-0.2, -0.15) is 5.26 Å². The van der Waals surface area contributed by atoms with Crippen LogP contribution < -0.4 is 0 Å². The van der Waals surface area contributed by atoms with E-state index in [-0.39, 0.29) is 5.92 Å². The van der Waals surface area contributed by atoms with Gasteiger partial charge in [-0.25, -0.2) is 0 Å². The molecule has 0 spiro atoms. The molecule has 0 saturated heterocycles. The van der Waals surface area contributed by atoms with Crippen molar-refractivity contribution in [1.82, 2.24) is 0 Å². The SMILES string of the molecule is CC(C#N)[C@]1(Cl)C=CC=CC1. The lowest BCUT2D eigenvalue weighted by atomic mass is 9.88. The van der Waals surface area contributed by atoms with E-state index >= 15 is 0 Å². The molecule has 0 aliphatic heterocycles. The Bertz CT molecular complexity index is 236. The Balaban J connectivity index is 2.77. The summed E-state index contributed by atoms with van der Waals surface area (Å²) in [5.41, 5.74) is 0. The fourth-order valence-corrected chi connectivity index (χ4v) is 1.25. The summed E-state index contributed by atoms with van der Waals surface area (Å²) in [5, 5.41) is 8.66. The normalized spacial score (nSPS) is 31.4. The average Bonchev–Trinajstić information content (AvgIpc) is 2.04. The van der Waals surface area contributed by atoms with Gasteiger partial charge >= 0.3 is 0 Å². The van der Waals surface area contributed by atoms with Crippen molar-refractivity contribution >= 4 is 11.6 Å². The summed E-state index contributed by atoms with van der Waals surface area (Å²) in [4.78, 5) is -0.469. The van der Waals surface area contributed by atoms with E-state index in [1.807, 2.05) is 31.2 Å². The summed E-state index contributed by atoms with van der Waals surface area (Å²) in [6, 6.07) is 2.16. The quantitative estimate of drug-likeness (QED) is 0.551. The molecule has 0 heterocycles. The minimum absolute atomic E-state index is 0.134. The maximum Gasteiger partial charge on any atom is 0.0818 e. The summed E-state index contributed by atoms with van der Waals surface area (Å²) in [6.07, 6.45) is 8.47. The standard InChI is InChI=1S/C9H10ClN/c1-8(7-11)9(10)5-3-2-4-6-9/h2-5,8H,6H2,1H3/t8?,9-/m0/s1. The Labute approximate surface area is 72.0 Å². The van der Waals surface area contributed by atoms with Crippen molar-refractivity contribution in [2.45, 2.75) is 18.2 Å². The van der Waals surface area contributed by atoms with Gasteiger partial charge in [0.05, 0.1) is 16.9 Å². The summed E-state index contributed by atoms with van der Waals surface area (Å²) in [6.45, 7) is 1.84. The fourth-order valence-electron chi connectivity index (χ4n) is 1.04. The van der Waals surface area contributed by atoms with Gasteiger partial charge in [0.2, 0.25) is 0 Å². The molecular formula is C9H10ClN. The third-order valence-electron chi connectivity index (χ3n) is 1.96. The van der Waals surface area contributed by atoms with Gasteiger partial charge in [-0.05, 0) is 13.3 Å². The largest absolute Gasteiger partial charge is 0.198 e. The van der Waals surface area contributed by atoms with Gasteiger partial charge in [0.1, 0.15) is 0 Å². The van der Waals surface area contributed by atoms with Crippen LogP contribution in [0.3, 0.4) is 0 Å². The fraction of sp³-hybridized carbons (Fsp3) is 0.444. The van der Waals surface area contributed by atoms with Gasteiger partial charge in [-0.3, -0.25) is 0 Å². The summed E-state index contributed by atoms with van der Waals surface area (Å²) < 4.78 is 0.